The summed E-state index contributed by atoms with van der Waals surface area (Å²) in [5.74, 6) is 0. The maximum absolute atomic E-state index is 10.4. The molecule has 0 aliphatic heterocycles. The Hall–Kier alpha value is -2.63. The third kappa shape index (κ3) is 161. The largest absolute Gasteiger partial charge is 0.508 e. The molecule has 0 aromatic heterocycles. The van der Waals surface area contributed by atoms with Crippen LogP contribution in [0.25, 0.3) is 0 Å². The van der Waals surface area contributed by atoms with E-state index in [0.717, 1.165) is 0 Å². The maximum Gasteiger partial charge on any atom is 0.508 e. The van der Waals surface area contributed by atoms with Gasteiger partial charge in [-0.15, -0.1) is 65.8 Å². The molecule has 0 bridgehead atoms. The second-order valence-corrected chi connectivity index (χ2v) is 1.90. The molecule has 0 heterocycles. The first-order valence-electron chi connectivity index (χ1n) is 6.46. The summed E-state index contributed by atoms with van der Waals surface area (Å²) < 4.78 is 8.93. The van der Waals surface area contributed by atoms with Gasteiger partial charge in [0.15, 0.2) is 0 Å². The van der Waals surface area contributed by atoms with E-state index in [-0.39, 0.29) is 26.4 Å². The van der Waals surface area contributed by atoms with Crippen LogP contribution in [0.3, 0.4) is 0 Å². The number of carbonyl (C=O) groups excluding carboxylic acids is 1. The van der Waals surface area contributed by atoms with Crippen molar-refractivity contribution in [1.29, 1.82) is 0 Å². The fourth-order valence-corrected chi connectivity index (χ4v) is 0.296. The Kier molecular flexibility index (Phi) is 195. The molecule has 0 saturated carbocycles. The zero-order valence-corrected chi connectivity index (χ0v) is 15.1. The number of ether oxygens (including phenoxy) is 2. The average Bonchev–Trinajstić information content (AvgIpc) is 2.72. The van der Waals surface area contributed by atoms with E-state index >= 15 is 0 Å². The quantitative estimate of drug-likeness (QED) is 0.567. The summed E-state index contributed by atoms with van der Waals surface area (Å²) >= 11 is 0. The Morgan fingerprint density at radius 2 is 0.875 bits per heavy atom. The monoisotopic (exact) mass is 344 g/mol. The highest BCUT2D eigenvalue weighted by atomic mass is 16.7. The van der Waals surface area contributed by atoms with Crippen molar-refractivity contribution in [2.75, 3.05) is 26.4 Å². The van der Waals surface area contributed by atoms with Crippen molar-refractivity contribution in [3.8, 4) is 0 Å². The number of hydrogen-bond donors (Lipinski definition) is 2. The molecule has 0 radical (unpaired) electrons. The Balaban J connectivity index is -0.0000000347. The van der Waals surface area contributed by atoms with Gasteiger partial charge in [0.05, 0.1) is 13.2 Å². The number of hydrogen-bond acceptors (Lipinski definition) is 5. The predicted molar refractivity (Wildman–Crippen MR) is 108 cm³/mol. The van der Waals surface area contributed by atoms with Crippen molar-refractivity contribution in [2.45, 2.75) is 0 Å². The van der Waals surface area contributed by atoms with E-state index < -0.39 is 6.16 Å². The van der Waals surface area contributed by atoms with Crippen LogP contribution in [0.1, 0.15) is 0 Å². The third-order valence-corrected chi connectivity index (χ3v) is 0.738. The van der Waals surface area contributed by atoms with Crippen molar-refractivity contribution in [1.82, 2.24) is 0 Å². The summed E-state index contributed by atoms with van der Waals surface area (Å²) in [5.41, 5.74) is 0. The summed E-state index contributed by atoms with van der Waals surface area (Å²) in [6, 6.07) is 0. The molecule has 5 heteroatoms. The zero-order chi connectivity index (χ0) is 21.2. The lowest BCUT2D eigenvalue weighted by molar-refractivity contribution is 0.0718. The summed E-state index contributed by atoms with van der Waals surface area (Å²) in [7, 11) is 0. The molecule has 0 aliphatic rings. The van der Waals surface area contributed by atoms with Gasteiger partial charge in [-0.2, -0.15) is 0 Å². The van der Waals surface area contributed by atoms with E-state index in [0.29, 0.717) is 0 Å². The maximum atomic E-state index is 10.4. The van der Waals surface area contributed by atoms with Gasteiger partial charge in [-0.3, -0.25) is 0 Å². The van der Waals surface area contributed by atoms with Crippen LogP contribution in [0, 0.1) is 0 Å². The van der Waals surface area contributed by atoms with Crippen LogP contribution >= 0.6 is 0 Å². The lowest BCUT2D eigenvalue weighted by Crippen LogP contribution is -2.06. The van der Waals surface area contributed by atoms with Gasteiger partial charge in [0, 0.05) is 0 Å². The summed E-state index contributed by atoms with van der Waals surface area (Å²) in [5, 5.41) is 15.2. The van der Waals surface area contributed by atoms with Crippen LogP contribution in [-0.2, 0) is 9.47 Å². The molecule has 0 aromatic rings. The van der Waals surface area contributed by atoms with Crippen molar-refractivity contribution in [2.24, 2.45) is 0 Å². The molecular weight excluding hydrogens is 308 g/mol. The molecule has 0 rings (SSSR count). The van der Waals surface area contributed by atoms with Crippen molar-refractivity contribution in [3.05, 3.63) is 91.1 Å². The fourth-order valence-electron chi connectivity index (χ4n) is 0.296. The Morgan fingerprint density at radius 1 is 0.667 bits per heavy atom. The van der Waals surface area contributed by atoms with Gasteiger partial charge in [0.2, 0.25) is 0 Å². The highest BCUT2D eigenvalue weighted by Crippen LogP contribution is 1.84. The van der Waals surface area contributed by atoms with Crippen LogP contribution < -0.4 is 0 Å². The summed E-state index contributed by atoms with van der Waals surface area (Å²) in [6.07, 6.45) is 2.24. The second kappa shape index (κ2) is 109. The number of aliphatic hydroxyl groups is 2. The Bertz CT molecular complexity index is 190. The minimum absolute atomic E-state index is 0.125. The Labute approximate surface area is 148 Å². The first kappa shape index (κ1) is 42.9. The summed E-state index contributed by atoms with van der Waals surface area (Å²) in [6.45, 7) is 36.8. The van der Waals surface area contributed by atoms with Gasteiger partial charge in [-0.05, 0) is 0 Å². The minimum atomic E-state index is -0.695. The van der Waals surface area contributed by atoms with Gasteiger partial charge in [0.1, 0.15) is 13.2 Å². The molecule has 0 atom stereocenters. The Morgan fingerprint density at radius 3 is 1.00 bits per heavy atom. The second-order valence-electron chi connectivity index (χ2n) is 1.90. The lowest BCUT2D eigenvalue weighted by Gasteiger charge is -1.99. The molecule has 142 valence electrons. The van der Waals surface area contributed by atoms with Crippen molar-refractivity contribution >= 4 is 6.16 Å². The van der Waals surface area contributed by atoms with Crippen LogP contribution in [-0.4, -0.2) is 42.8 Å². The van der Waals surface area contributed by atoms with E-state index in [1.807, 2.05) is 0 Å². The van der Waals surface area contributed by atoms with E-state index in [4.69, 9.17) is 10.2 Å². The van der Waals surface area contributed by atoms with Crippen LogP contribution in [0.15, 0.2) is 91.1 Å². The number of carbonyl (C=O) groups is 1. The smallest absolute Gasteiger partial charge is 0.430 e. The zero-order valence-electron chi connectivity index (χ0n) is 15.1. The van der Waals surface area contributed by atoms with Gasteiger partial charge < -0.3 is 19.7 Å². The molecule has 2 N–H and O–H groups in total. The highest BCUT2D eigenvalue weighted by molar-refractivity contribution is 5.60. The number of rotatable bonds is 5. The van der Waals surface area contributed by atoms with Gasteiger partial charge in [-0.25, -0.2) is 4.79 Å². The molecule has 0 fully saturated rings. The number of aliphatic hydroxyl groups excluding tert-OH is 2. The molecular formula is C19H36O5. The molecule has 5 nitrogen and oxygen atoms in total. The van der Waals surface area contributed by atoms with Gasteiger partial charge in [0.25, 0.3) is 0 Å². The minimum Gasteiger partial charge on any atom is -0.430 e. The summed E-state index contributed by atoms with van der Waals surface area (Å²) in [4.78, 5) is 10.4. The predicted octanol–water partition coefficient (Wildman–Crippen LogP) is 4.49. The molecule has 0 aliphatic carbocycles. The molecule has 0 unspecified atom stereocenters. The molecule has 0 saturated heterocycles. The van der Waals surface area contributed by atoms with Gasteiger partial charge >= 0.3 is 6.16 Å². The van der Waals surface area contributed by atoms with Crippen LogP contribution in [0.2, 0.25) is 0 Å². The molecule has 0 spiro atoms. The van der Waals surface area contributed by atoms with E-state index in [1.54, 1.807) is 0 Å². The first-order chi connectivity index (χ1) is 11.7. The SMILES string of the molecule is C=C.C=C.C=C.C=C.C=C.C=CCOC(=O)OCC=C.OCCO. The lowest BCUT2D eigenvalue weighted by atomic mass is 10.7. The van der Waals surface area contributed by atoms with E-state index in [1.165, 1.54) is 12.2 Å². The fraction of sp³-hybridized carbons (Fsp3) is 0.211. The molecule has 0 aromatic carbocycles. The molecule has 24 heavy (non-hydrogen) atoms. The normalized spacial score (nSPS) is 5.42. The van der Waals surface area contributed by atoms with Crippen molar-refractivity contribution in [3.63, 3.8) is 0 Å². The topological polar surface area (TPSA) is 76.0 Å². The van der Waals surface area contributed by atoms with Gasteiger partial charge in [-0.1, -0.05) is 25.3 Å². The third-order valence-electron chi connectivity index (χ3n) is 0.738. The standard InChI is InChI=1S/C7H10O3.C2H6O2.5C2H4/c1-3-5-9-7(8)10-6-4-2;3-1-2-4;5*1-2/h3-4H,1-2,5-6H2;3-4H,1-2H2;5*1-2H2. The first-order valence-corrected chi connectivity index (χ1v) is 6.46. The van der Waals surface area contributed by atoms with E-state index in [2.05, 4.69) is 88.4 Å². The van der Waals surface area contributed by atoms with Crippen LogP contribution in [0.4, 0.5) is 4.79 Å². The van der Waals surface area contributed by atoms with Crippen LogP contribution in [0.5, 0.6) is 0 Å². The average molecular weight is 344 g/mol. The van der Waals surface area contributed by atoms with Crippen molar-refractivity contribution < 1.29 is 24.5 Å². The van der Waals surface area contributed by atoms with E-state index in [9.17, 15) is 4.79 Å². The highest BCUT2D eigenvalue weighted by Gasteiger charge is 1.97. The molecule has 0 amide bonds.